The van der Waals surface area contributed by atoms with Crippen LogP contribution >= 0.6 is 0 Å². The Morgan fingerprint density at radius 2 is 2.06 bits per heavy atom. The summed E-state index contributed by atoms with van der Waals surface area (Å²) < 4.78 is 27.1. The molecule has 1 aromatic carbocycles. The van der Waals surface area contributed by atoms with Gasteiger partial charge in [-0.25, -0.2) is 8.78 Å². The van der Waals surface area contributed by atoms with Crippen LogP contribution in [-0.4, -0.2) is 35.1 Å². The third kappa shape index (κ3) is 2.36. The Kier molecular flexibility index (Phi) is 3.61. The Balaban J connectivity index is 2.21. The lowest BCUT2D eigenvalue weighted by Gasteiger charge is -2.21. The van der Waals surface area contributed by atoms with Gasteiger partial charge in [0.25, 0.3) is 0 Å². The van der Waals surface area contributed by atoms with E-state index in [1.54, 1.807) is 0 Å². The molecule has 5 heteroatoms. The number of hydrogen-bond donors (Lipinski definition) is 1. The lowest BCUT2D eigenvalue weighted by molar-refractivity contribution is -0.131. The average molecular weight is 255 g/mol. The van der Waals surface area contributed by atoms with Gasteiger partial charge in [-0.1, -0.05) is 6.07 Å². The van der Waals surface area contributed by atoms with Crippen LogP contribution in [0.1, 0.15) is 24.8 Å². The van der Waals surface area contributed by atoms with E-state index in [4.69, 9.17) is 0 Å². The van der Waals surface area contributed by atoms with Gasteiger partial charge in [0.15, 0.2) is 0 Å². The van der Waals surface area contributed by atoms with E-state index < -0.39 is 23.7 Å². The van der Waals surface area contributed by atoms with Gasteiger partial charge < -0.3 is 10.0 Å². The Labute approximate surface area is 104 Å². The van der Waals surface area contributed by atoms with Gasteiger partial charge in [-0.3, -0.25) is 4.79 Å². The van der Waals surface area contributed by atoms with Gasteiger partial charge in [-0.05, 0) is 25.5 Å². The number of carbonyl (C=O) groups is 1. The molecule has 1 aromatic rings. The monoisotopic (exact) mass is 255 g/mol. The molecule has 1 aliphatic rings. The lowest BCUT2D eigenvalue weighted by Crippen LogP contribution is -2.33. The summed E-state index contributed by atoms with van der Waals surface area (Å²) in [5, 5.41) is 9.37. The fourth-order valence-corrected chi connectivity index (χ4v) is 2.26. The summed E-state index contributed by atoms with van der Waals surface area (Å²) >= 11 is 0. The molecule has 18 heavy (non-hydrogen) atoms. The summed E-state index contributed by atoms with van der Waals surface area (Å²) in [6.45, 7) is 2.15. The largest absolute Gasteiger partial charge is 0.391 e. The van der Waals surface area contributed by atoms with E-state index >= 15 is 0 Å². The van der Waals surface area contributed by atoms with E-state index in [1.165, 1.54) is 17.9 Å². The molecule has 0 radical (unpaired) electrons. The minimum absolute atomic E-state index is 0.205. The molecule has 1 aliphatic heterocycles. The molecule has 3 nitrogen and oxygen atoms in total. The maximum Gasteiger partial charge on any atom is 0.230 e. The van der Waals surface area contributed by atoms with E-state index in [0.29, 0.717) is 13.0 Å². The van der Waals surface area contributed by atoms with Crippen molar-refractivity contribution < 1.29 is 18.7 Å². The normalized spacial score (nSPS) is 21.1. The number of halogens is 2. The standard InChI is InChI=1S/C13H15F2NO2/c1-8(12-10(14)3-2-4-11(12)15)13(18)16-6-5-9(17)7-16/h2-4,8-9,17H,5-7H2,1H3/t8?,9-/m0/s1. The first-order chi connectivity index (χ1) is 8.50. The number of β-amino-alcohol motifs (C(OH)–C–C–N with tert-alkyl or cyclic N) is 1. The van der Waals surface area contributed by atoms with Gasteiger partial charge >= 0.3 is 0 Å². The van der Waals surface area contributed by atoms with Crippen molar-refractivity contribution in [2.45, 2.75) is 25.4 Å². The van der Waals surface area contributed by atoms with Crippen molar-refractivity contribution in [2.24, 2.45) is 0 Å². The van der Waals surface area contributed by atoms with Gasteiger partial charge in [-0.2, -0.15) is 0 Å². The van der Waals surface area contributed by atoms with E-state index in [-0.39, 0.29) is 18.0 Å². The summed E-state index contributed by atoms with van der Waals surface area (Å²) in [4.78, 5) is 13.5. The second-order valence-electron chi connectivity index (χ2n) is 4.58. The van der Waals surface area contributed by atoms with Crippen LogP contribution in [0.2, 0.25) is 0 Å². The van der Waals surface area contributed by atoms with Gasteiger partial charge in [0, 0.05) is 18.7 Å². The van der Waals surface area contributed by atoms with Gasteiger partial charge in [0.1, 0.15) is 11.6 Å². The first kappa shape index (κ1) is 13.0. The van der Waals surface area contributed by atoms with Crippen molar-refractivity contribution in [2.75, 3.05) is 13.1 Å². The average Bonchev–Trinajstić information content (AvgIpc) is 2.74. The molecule has 0 saturated carbocycles. The van der Waals surface area contributed by atoms with Crippen LogP contribution in [0.3, 0.4) is 0 Å². The molecule has 0 aromatic heterocycles. The van der Waals surface area contributed by atoms with Crippen LogP contribution in [0, 0.1) is 11.6 Å². The van der Waals surface area contributed by atoms with Gasteiger partial charge in [0.2, 0.25) is 5.91 Å². The zero-order chi connectivity index (χ0) is 13.3. The molecular formula is C13H15F2NO2. The maximum atomic E-state index is 13.6. The molecule has 2 rings (SSSR count). The molecule has 0 bridgehead atoms. The first-order valence-corrected chi connectivity index (χ1v) is 5.91. The van der Waals surface area contributed by atoms with Crippen molar-refractivity contribution in [3.05, 3.63) is 35.4 Å². The van der Waals surface area contributed by atoms with Crippen molar-refractivity contribution >= 4 is 5.91 Å². The van der Waals surface area contributed by atoms with Gasteiger partial charge in [-0.15, -0.1) is 0 Å². The zero-order valence-electron chi connectivity index (χ0n) is 10.1. The van der Waals surface area contributed by atoms with Gasteiger partial charge in [0.05, 0.1) is 12.0 Å². The Hall–Kier alpha value is -1.49. The molecule has 1 fully saturated rings. The fraction of sp³-hybridized carbons (Fsp3) is 0.462. The number of nitrogens with zero attached hydrogens (tertiary/aromatic N) is 1. The third-order valence-electron chi connectivity index (χ3n) is 3.28. The predicted molar refractivity (Wildman–Crippen MR) is 62.0 cm³/mol. The summed E-state index contributed by atoms with van der Waals surface area (Å²) in [6, 6.07) is 3.55. The lowest BCUT2D eigenvalue weighted by atomic mass is 9.98. The van der Waals surface area contributed by atoms with E-state index in [2.05, 4.69) is 0 Å². The quantitative estimate of drug-likeness (QED) is 0.873. The van der Waals surface area contributed by atoms with E-state index in [9.17, 15) is 18.7 Å². The first-order valence-electron chi connectivity index (χ1n) is 5.91. The molecule has 1 unspecified atom stereocenters. The van der Waals surface area contributed by atoms with Crippen LogP contribution in [0.15, 0.2) is 18.2 Å². The number of benzene rings is 1. The smallest absolute Gasteiger partial charge is 0.230 e. The highest BCUT2D eigenvalue weighted by molar-refractivity contribution is 5.83. The van der Waals surface area contributed by atoms with Crippen molar-refractivity contribution in [1.82, 2.24) is 4.90 Å². The fourth-order valence-electron chi connectivity index (χ4n) is 2.26. The molecule has 1 N–H and O–H groups in total. The highest BCUT2D eigenvalue weighted by Crippen LogP contribution is 2.25. The second-order valence-corrected chi connectivity index (χ2v) is 4.58. The molecular weight excluding hydrogens is 240 g/mol. The molecule has 1 amide bonds. The zero-order valence-corrected chi connectivity index (χ0v) is 10.1. The molecule has 2 atom stereocenters. The molecule has 1 heterocycles. The summed E-state index contributed by atoms with van der Waals surface area (Å²) in [5.74, 6) is -2.65. The van der Waals surface area contributed by atoms with E-state index in [0.717, 1.165) is 12.1 Å². The Morgan fingerprint density at radius 1 is 1.44 bits per heavy atom. The number of carbonyl (C=O) groups excluding carboxylic acids is 1. The molecule has 0 aliphatic carbocycles. The number of aliphatic hydroxyl groups is 1. The number of hydrogen-bond acceptors (Lipinski definition) is 2. The van der Waals surface area contributed by atoms with Crippen LogP contribution in [0.4, 0.5) is 8.78 Å². The van der Waals surface area contributed by atoms with Crippen LogP contribution < -0.4 is 0 Å². The van der Waals surface area contributed by atoms with Crippen LogP contribution in [0.5, 0.6) is 0 Å². The molecule has 1 saturated heterocycles. The van der Waals surface area contributed by atoms with Crippen molar-refractivity contribution in [1.29, 1.82) is 0 Å². The topological polar surface area (TPSA) is 40.5 Å². The number of likely N-dealkylation sites (tertiary alicyclic amines) is 1. The third-order valence-corrected chi connectivity index (χ3v) is 3.28. The van der Waals surface area contributed by atoms with Crippen molar-refractivity contribution in [3.63, 3.8) is 0 Å². The van der Waals surface area contributed by atoms with Crippen LogP contribution in [-0.2, 0) is 4.79 Å². The van der Waals surface area contributed by atoms with Crippen molar-refractivity contribution in [3.8, 4) is 0 Å². The second kappa shape index (κ2) is 5.02. The Bertz CT molecular complexity index is 444. The number of amides is 1. The predicted octanol–water partition coefficient (Wildman–Crippen LogP) is 1.66. The highest BCUT2D eigenvalue weighted by atomic mass is 19.1. The number of rotatable bonds is 2. The highest BCUT2D eigenvalue weighted by Gasteiger charge is 2.31. The minimum Gasteiger partial charge on any atom is -0.391 e. The number of aliphatic hydroxyl groups excluding tert-OH is 1. The molecule has 0 spiro atoms. The summed E-state index contributed by atoms with van der Waals surface area (Å²) in [7, 11) is 0. The Morgan fingerprint density at radius 3 is 2.56 bits per heavy atom. The summed E-state index contributed by atoms with van der Waals surface area (Å²) in [5.41, 5.74) is -0.205. The minimum atomic E-state index is -0.878. The molecule has 98 valence electrons. The SMILES string of the molecule is CC(C(=O)N1CC[C@H](O)C1)c1c(F)cccc1F. The maximum absolute atomic E-state index is 13.6. The van der Waals surface area contributed by atoms with E-state index in [1.807, 2.05) is 0 Å². The van der Waals surface area contributed by atoms with Crippen LogP contribution in [0.25, 0.3) is 0 Å². The summed E-state index contributed by atoms with van der Waals surface area (Å²) in [6.07, 6.45) is -0.0234.